The Hall–Kier alpha value is -2.56. The number of nitrogens with zero attached hydrogens (tertiary/aromatic N) is 1. The Kier molecular flexibility index (Phi) is 5.76. The van der Waals surface area contributed by atoms with Crippen LogP contribution in [0.1, 0.15) is 24.0 Å². The van der Waals surface area contributed by atoms with Crippen molar-refractivity contribution in [2.75, 3.05) is 25.1 Å². The third-order valence-corrected chi connectivity index (χ3v) is 4.73. The zero-order valence-corrected chi connectivity index (χ0v) is 15.3. The number of rotatable bonds is 5. The fraction of sp³-hybridized carbons (Fsp3) is 0.381. The normalized spacial score (nSPS) is 17.0. The fourth-order valence-electron chi connectivity index (χ4n) is 3.43. The van der Waals surface area contributed by atoms with Gasteiger partial charge in [0.1, 0.15) is 11.6 Å². The predicted octanol–water partition coefficient (Wildman–Crippen LogP) is 3.47. The van der Waals surface area contributed by atoms with Crippen molar-refractivity contribution in [1.82, 2.24) is 5.32 Å². The second-order valence-electron chi connectivity index (χ2n) is 6.84. The van der Waals surface area contributed by atoms with E-state index in [0.29, 0.717) is 18.7 Å². The minimum absolute atomic E-state index is 0.0187. The van der Waals surface area contributed by atoms with E-state index in [4.69, 9.17) is 4.74 Å². The van der Waals surface area contributed by atoms with Gasteiger partial charge in [-0.2, -0.15) is 0 Å². The first kappa shape index (κ1) is 18.2. The van der Waals surface area contributed by atoms with E-state index in [2.05, 4.69) is 5.32 Å². The molecular formula is C21H25FN2O2. The molecular weight excluding hydrogens is 331 g/mol. The van der Waals surface area contributed by atoms with Gasteiger partial charge in [-0.1, -0.05) is 18.2 Å². The molecule has 0 radical (unpaired) electrons. The Morgan fingerprint density at radius 3 is 2.96 bits per heavy atom. The van der Waals surface area contributed by atoms with Crippen molar-refractivity contribution in [1.29, 1.82) is 0 Å². The first-order valence-electron chi connectivity index (χ1n) is 8.98. The van der Waals surface area contributed by atoms with Gasteiger partial charge in [-0.25, -0.2) is 4.39 Å². The minimum Gasteiger partial charge on any atom is -0.497 e. The first-order chi connectivity index (χ1) is 12.5. The lowest BCUT2D eigenvalue weighted by atomic mass is 10.0. The molecule has 0 aliphatic carbocycles. The molecule has 4 nitrogen and oxygen atoms in total. The number of carbonyl (C=O) groups excluding carboxylic acids is 1. The highest BCUT2D eigenvalue weighted by atomic mass is 19.1. The standard InChI is InChI=1S/C21H25FN2O2/c1-15-8-9-19(22)20(11-15)24-10-4-6-17(14-24)23-21(25)13-16-5-3-7-18(12-16)26-2/h3,5,7-9,11-12,17H,4,6,10,13-14H2,1-2H3,(H,23,25). The number of hydrogen-bond acceptors (Lipinski definition) is 3. The van der Waals surface area contributed by atoms with Crippen LogP contribution >= 0.6 is 0 Å². The van der Waals surface area contributed by atoms with Crippen molar-refractivity contribution >= 4 is 11.6 Å². The van der Waals surface area contributed by atoms with Gasteiger partial charge in [0.05, 0.1) is 19.2 Å². The summed E-state index contributed by atoms with van der Waals surface area (Å²) in [5, 5.41) is 3.09. The van der Waals surface area contributed by atoms with Gasteiger partial charge in [0.2, 0.25) is 5.91 Å². The molecule has 1 aliphatic rings. The summed E-state index contributed by atoms with van der Waals surface area (Å²) in [7, 11) is 1.61. The zero-order chi connectivity index (χ0) is 18.5. The summed E-state index contributed by atoms with van der Waals surface area (Å²) in [6.07, 6.45) is 2.15. The Morgan fingerprint density at radius 1 is 1.31 bits per heavy atom. The molecule has 26 heavy (non-hydrogen) atoms. The molecule has 1 heterocycles. The van der Waals surface area contributed by atoms with Crippen molar-refractivity contribution in [3.05, 3.63) is 59.4 Å². The summed E-state index contributed by atoms with van der Waals surface area (Å²) in [5.41, 5.74) is 2.57. The van der Waals surface area contributed by atoms with Gasteiger partial charge in [0.15, 0.2) is 0 Å². The predicted molar refractivity (Wildman–Crippen MR) is 101 cm³/mol. The Balaban J connectivity index is 1.61. The average molecular weight is 356 g/mol. The highest BCUT2D eigenvalue weighted by molar-refractivity contribution is 5.79. The minimum atomic E-state index is -0.209. The second kappa shape index (κ2) is 8.21. The van der Waals surface area contributed by atoms with Crippen LogP contribution in [0.15, 0.2) is 42.5 Å². The number of methoxy groups -OCH3 is 1. The quantitative estimate of drug-likeness (QED) is 0.892. The summed E-state index contributed by atoms with van der Waals surface area (Å²) in [6, 6.07) is 12.7. The lowest BCUT2D eigenvalue weighted by Crippen LogP contribution is -2.48. The van der Waals surface area contributed by atoms with Crippen molar-refractivity contribution < 1.29 is 13.9 Å². The largest absolute Gasteiger partial charge is 0.497 e. The van der Waals surface area contributed by atoms with Crippen LogP contribution in [0.4, 0.5) is 10.1 Å². The lowest BCUT2D eigenvalue weighted by Gasteiger charge is -2.35. The molecule has 1 saturated heterocycles. The van der Waals surface area contributed by atoms with Gasteiger partial charge >= 0.3 is 0 Å². The maximum atomic E-state index is 14.2. The monoisotopic (exact) mass is 356 g/mol. The number of ether oxygens (including phenoxy) is 1. The van der Waals surface area contributed by atoms with Crippen molar-refractivity contribution in [2.45, 2.75) is 32.2 Å². The van der Waals surface area contributed by atoms with Gasteiger partial charge in [0.25, 0.3) is 0 Å². The first-order valence-corrected chi connectivity index (χ1v) is 8.98. The van der Waals surface area contributed by atoms with E-state index in [0.717, 1.165) is 36.3 Å². The van der Waals surface area contributed by atoms with Crippen LogP contribution in [0.3, 0.4) is 0 Å². The average Bonchev–Trinajstić information content (AvgIpc) is 2.64. The summed E-state index contributed by atoms with van der Waals surface area (Å²) < 4.78 is 19.4. The molecule has 0 saturated carbocycles. The topological polar surface area (TPSA) is 41.6 Å². The SMILES string of the molecule is COc1cccc(CC(=O)NC2CCCN(c3cc(C)ccc3F)C2)c1. The lowest BCUT2D eigenvalue weighted by molar-refractivity contribution is -0.121. The highest BCUT2D eigenvalue weighted by Crippen LogP contribution is 2.24. The molecule has 2 aromatic carbocycles. The van der Waals surface area contributed by atoms with Gasteiger partial charge < -0.3 is 15.0 Å². The maximum absolute atomic E-state index is 14.2. The molecule has 0 aromatic heterocycles. The summed E-state index contributed by atoms with van der Waals surface area (Å²) >= 11 is 0. The van der Waals surface area contributed by atoms with Crippen LogP contribution in [0, 0.1) is 12.7 Å². The summed E-state index contributed by atoms with van der Waals surface area (Å²) in [4.78, 5) is 14.4. The van der Waals surface area contributed by atoms with Crippen LogP contribution in [0.25, 0.3) is 0 Å². The molecule has 138 valence electrons. The summed E-state index contributed by atoms with van der Waals surface area (Å²) in [6.45, 7) is 3.40. The van der Waals surface area contributed by atoms with Crippen molar-refractivity contribution in [3.63, 3.8) is 0 Å². The van der Waals surface area contributed by atoms with Crippen LogP contribution in [0.5, 0.6) is 5.75 Å². The maximum Gasteiger partial charge on any atom is 0.224 e. The number of halogens is 1. The molecule has 3 rings (SSSR count). The Labute approximate surface area is 154 Å². The van der Waals surface area contributed by atoms with E-state index in [1.54, 1.807) is 13.2 Å². The van der Waals surface area contributed by atoms with E-state index >= 15 is 0 Å². The van der Waals surface area contributed by atoms with Crippen molar-refractivity contribution in [2.24, 2.45) is 0 Å². The number of aryl methyl sites for hydroxylation is 1. The number of carbonyl (C=O) groups is 1. The number of piperidine rings is 1. The number of hydrogen-bond donors (Lipinski definition) is 1. The molecule has 0 bridgehead atoms. The number of anilines is 1. The third-order valence-electron chi connectivity index (χ3n) is 4.73. The van der Waals surface area contributed by atoms with Gasteiger partial charge in [-0.05, 0) is 55.2 Å². The van der Waals surface area contributed by atoms with Crippen LogP contribution in [-0.4, -0.2) is 32.1 Å². The zero-order valence-electron chi connectivity index (χ0n) is 15.3. The van der Waals surface area contributed by atoms with Crippen LogP contribution in [-0.2, 0) is 11.2 Å². The molecule has 1 N–H and O–H groups in total. The number of amides is 1. The molecule has 5 heteroatoms. The van der Waals surface area contributed by atoms with E-state index in [1.807, 2.05) is 42.2 Å². The summed E-state index contributed by atoms with van der Waals surface area (Å²) in [5.74, 6) is 0.517. The van der Waals surface area contributed by atoms with Gasteiger partial charge in [-0.3, -0.25) is 4.79 Å². The molecule has 2 aromatic rings. The highest BCUT2D eigenvalue weighted by Gasteiger charge is 2.23. The van der Waals surface area contributed by atoms with E-state index in [1.165, 1.54) is 6.07 Å². The smallest absolute Gasteiger partial charge is 0.224 e. The molecule has 1 aliphatic heterocycles. The van der Waals surface area contributed by atoms with Crippen LogP contribution in [0.2, 0.25) is 0 Å². The second-order valence-corrected chi connectivity index (χ2v) is 6.84. The van der Waals surface area contributed by atoms with E-state index in [-0.39, 0.29) is 17.8 Å². The fourth-order valence-corrected chi connectivity index (χ4v) is 3.43. The number of benzene rings is 2. The number of nitrogens with one attached hydrogen (secondary N) is 1. The molecule has 1 fully saturated rings. The van der Waals surface area contributed by atoms with Crippen molar-refractivity contribution in [3.8, 4) is 5.75 Å². The molecule has 0 spiro atoms. The molecule has 1 amide bonds. The third kappa shape index (κ3) is 4.54. The van der Waals surface area contributed by atoms with E-state index in [9.17, 15) is 9.18 Å². The van der Waals surface area contributed by atoms with Crippen LogP contribution < -0.4 is 15.0 Å². The van der Waals surface area contributed by atoms with Gasteiger partial charge in [-0.15, -0.1) is 0 Å². The Morgan fingerprint density at radius 2 is 2.15 bits per heavy atom. The van der Waals surface area contributed by atoms with E-state index < -0.39 is 0 Å². The molecule has 1 atom stereocenters. The molecule has 1 unspecified atom stereocenters. The van der Waals surface area contributed by atoms with Gasteiger partial charge in [0, 0.05) is 19.1 Å². The Bertz CT molecular complexity index is 778.